The maximum Gasteiger partial charge on any atom is 0.254 e. The number of aliphatic hydroxyl groups excluding tert-OH is 1. The number of hydrogen-bond donors (Lipinski definition) is 1. The lowest BCUT2D eigenvalue weighted by atomic mass is 9.78. The number of rotatable bonds is 5. The van der Waals surface area contributed by atoms with E-state index in [4.69, 9.17) is 4.74 Å². The third kappa shape index (κ3) is 3.81. The van der Waals surface area contributed by atoms with Gasteiger partial charge in [-0.05, 0) is 31.4 Å². The van der Waals surface area contributed by atoms with Crippen molar-refractivity contribution in [3.63, 3.8) is 0 Å². The third-order valence-corrected chi connectivity index (χ3v) is 4.23. The second-order valence-corrected chi connectivity index (χ2v) is 5.89. The van der Waals surface area contributed by atoms with E-state index in [1.165, 1.54) is 0 Å². The molecule has 1 unspecified atom stereocenters. The molecule has 1 amide bonds. The fourth-order valence-electron chi connectivity index (χ4n) is 2.97. The highest BCUT2D eigenvalue weighted by Gasteiger charge is 2.36. The number of methoxy groups -OCH3 is 1. The van der Waals surface area contributed by atoms with Crippen LogP contribution in [0.4, 0.5) is 8.78 Å². The Hall–Kier alpha value is -1.53. The number of nitrogens with zero attached hydrogens (tertiary/aromatic N) is 1. The van der Waals surface area contributed by atoms with Crippen LogP contribution in [-0.4, -0.2) is 49.3 Å². The summed E-state index contributed by atoms with van der Waals surface area (Å²) in [5.74, 6) is -1.95. The van der Waals surface area contributed by atoms with Crippen LogP contribution < -0.4 is 0 Å². The minimum atomic E-state index is -0.770. The fraction of sp³-hybridized carbons (Fsp3) is 0.562. The summed E-state index contributed by atoms with van der Waals surface area (Å²) in [5, 5.41) is 9.71. The van der Waals surface area contributed by atoms with Crippen molar-refractivity contribution in [2.75, 3.05) is 33.4 Å². The van der Waals surface area contributed by atoms with Gasteiger partial charge >= 0.3 is 0 Å². The van der Waals surface area contributed by atoms with Gasteiger partial charge in [0.05, 0.1) is 6.61 Å². The number of hydrogen-bond acceptors (Lipinski definition) is 3. The highest BCUT2D eigenvalue weighted by molar-refractivity contribution is 5.94. The molecule has 2 rings (SSSR count). The molecular weight excluding hydrogens is 292 g/mol. The number of carbonyl (C=O) groups is 1. The Morgan fingerprint density at radius 2 is 2.05 bits per heavy atom. The lowest BCUT2D eigenvalue weighted by molar-refractivity contribution is 0.00895. The molecule has 0 aromatic heterocycles. The van der Waals surface area contributed by atoms with Crippen LogP contribution in [0.15, 0.2) is 18.2 Å². The summed E-state index contributed by atoms with van der Waals surface area (Å²) in [6.45, 7) is 1.34. The number of ether oxygens (including phenoxy) is 1. The van der Waals surface area contributed by atoms with Crippen molar-refractivity contribution < 1.29 is 23.4 Å². The van der Waals surface area contributed by atoms with Gasteiger partial charge in [-0.1, -0.05) is 0 Å². The van der Waals surface area contributed by atoms with Crippen molar-refractivity contribution >= 4 is 5.91 Å². The molecule has 1 aromatic rings. The molecule has 0 spiro atoms. The third-order valence-electron chi connectivity index (χ3n) is 4.23. The molecule has 1 aliphatic heterocycles. The lowest BCUT2D eigenvalue weighted by Gasteiger charge is -2.41. The molecule has 0 radical (unpaired) electrons. The largest absolute Gasteiger partial charge is 0.396 e. The first kappa shape index (κ1) is 16.8. The van der Waals surface area contributed by atoms with Crippen LogP contribution in [0.25, 0.3) is 0 Å². The van der Waals surface area contributed by atoms with E-state index in [1.54, 1.807) is 12.0 Å². The molecule has 1 N–H and O–H groups in total. The molecule has 1 saturated heterocycles. The average molecular weight is 313 g/mol. The molecule has 1 heterocycles. The van der Waals surface area contributed by atoms with E-state index in [-0.39, 0.29) is 12.2 Å². The summed E-state index contributed by atoms with van der Waals surface area (Å²) in [7, 11) is 1.59. The number of aliphatic hydroxyl groups is 1. The molecule has 4 nitrogen and oxygen atoms in total. The molecule has 122 valence electrons. The Kier molecular flexibility index (Phi) is 5.47. The van der Waals surface area contributed by atoms with Gasteiger partial charge in [-0.2, -0.15) is 0 Å². The van der Waals surface area contributed by atoms with Crippen LogP contribution in [-0.2, 0) is 4.74 Å². The summed E-state index contributed by atoms with van der Waals surface area (Å²) < 4.78 is 31.6. The molecule has 22 heavy (non-hydrogen) atoms. The minimum Gasteiger partial charge on any atom is -0.396 e. The number of piperidine rings is 1. The minimum absolute atomic E-state index is 0.00187. The normalized spacial score (nSPS) is 21.9. The van der Waals surface area contributed by atoms with E-state index in [9.17, 15) is 18.7 Å². The van der Waals surface area contributed by atoms with Gasteiger partial charge in [0.15, 0.2) is 0 Å². The molecule has 0 bridgehead atoms. The molecule has 6 heteroatoms. The standard InChI is InChI=1S/C16H21F2NO3/c1-22-6-4-16(11-20)3-2-5-19(10-16)15(21)12-7-13(17)9-14(18)8-12/h7-9,20H,2-6,10-11H2,1H3. The van der Waals surface area contributed by atoms with Crippen molar-refractivity contribution in [1.82, 2.24) is 4.90 Å². The molecule has 1 atom stereocenters. The maximum atomic E-state index is 13.3. The van der Waals surface area contributed by atoms with Crippen molar-refractivity contribution in [1.29, 1.82) is 0 Å². The first-order chi connectivity index (χ1) is 10.5. The highest BCUT2D eigenvalue weighted by atomic mass is 19.1. The second-order valence-electron chi connectivity index (χ2n) is 5.89. The van der Waals surface area contributed by atoms with Crippen molar-refractivity contribution in [2.45, 2.75) is 19.3 Å². The molecule has 0 aliphatic carbocycles. The SMILES string of the molecule is COCCC1(CO)CCCN(C(=O)c2cc(F)cc(F)c2)C1. The smallest absolute Gasteiger partial charge is 0.254 e. The summed E-state index contributed by atoms with van der Waals surface area (Å²) in [6, 6.07) is 2.81. The van der Waals surface area contributed by atoms with Crippen LogP contribution in [0.3, 0.4) is 0 Å². The number of carbonyl (C=O) groups excluding carboxylic acids is 1. The van der Waals surface area contributed by atoms with E-state index in [0.717, 1.165) is 31.0 Å². The van der Waals surface area contributed by atoms with Crippen molar-refractivity contribution in [2.24, 2.45) is 5.41 Å². The maximum absolute atomic E-state index is 13.3. The van der Waals surface area contributed by atoms with Gasteiger partial charge in [-0.25, -0.2) is 8.78 Å². The number of halogens is 2. The zero-order chi connectivity index (χ0) is 16.2. The molecule has 1 aliphatic rings. The van der Waals surface area contributed by atoms with Crippen molar-refractivity contribution in [3.8, 4) is 0 Å². The van der Waals surface area contributed by atoms with Gasteiger partial charge in [-0.3, -0.25) is 4.79 Å². The summed E-state index contributed by atoms with van der Waals surface area (Å²) >= 11 is 0. The Labute approximate surface area is 128 Å². The van der Waals surface area contributed by atoms with Crippen LogP contribution in [0.1, 0.15) is 29.6 Å². The van der Waals surface area contributed by atoms with Gasteiger partial charge < -0.3 is 14.7 Å². The topological polar surface area (TPSA) is 49.8 Å². The van der Waals surface area contributed by atoms with E-state index < -0.39 is 23.0 Å². The molecule has 0 saturated carbocycles. The van der Waals surface area contributed by atoms with Crippen molar-refractivity contribution in [3.05, 3.63) is 35.4 Å². The summed E-state index contributed by atoms with van der Waals surface area (Å²) in [4.78, 5) is 14.0. The van der Waals surface area contributed by atoms with Gasteiger partial charge in [0, 0.05) is 43.9 Å². The summed E-state index contributed by atoms with van der Waals surface area (Å²) in [5.41, 5.74) is -0.409. The van der Waals surface area contributed by atoms with E-state index in [0.29, 0.717) is 26.1 Å². The van der Waals surface area contributed by atoms with Gasteiger partial charge in [-0.15, -0.1) is 0 Å². The summed E-state index contributed by atoms with van der Waals surface area (Å²) in [6.07, 6.45) is 2.18. The predicted octanol–water partition coefficient (Wildman–Crippen LogP) is 2.22. The van der Waals surface area contributed by atoms with Gasteiger partial charge in [0.2, 0.25) is 0 Å². The van der Waals surface area contributed by atoms with Crippen LogP contribution in [0.5, 0.6) is 0 Å². The quantitative estimate of drug-likeness (QED) is 0.907. The Morgan fingerprint density at radius 1 is 1.36 bits per heavy atom. The van der Waals surface area contributed by atoms with Crippen LogP contribution >= 0.6 is 0 Å². The first-order valence-corrected chi connectivity index (χ1v) is 7.35. The van der Waals surface area contributed by atoms with Gasteiger partial charge in [0.25, 0.3) is 5.91 Å². The average Bonchev–Trinajstić information content (AvgIpc) is 2.51. The molecular formula is C16H21F2NO3. The number of amides is 1. The Bertz CT molecular complexity index is 518. The zero-order valence-corrected chi connectivity index (χ0v) is 12.6. The second kappa shape index (κ2) is 7.15. The monoisotopic (exact) mass is 313 g/mol. The van der Waals surface area contributed by atoms with Crippen LogP contribution in [0.2, 0.25) is 0 Å². The fourth-order valence-corrected chi connectivity index (χ4v) is 2.97. The Morgan fingerprint density at radius 3 is 2.64 bits per heavy atom. The number of likely N-dealkylation sites (tertiary alicyclic amines) is 1. The van der Waals surface area contributed by atoms with E-state index >= 15 is 0 Å². The number of benzene rings is 1. The first-order valence-electron chi connectivity index (χ1n) is 7.35. The lowest BCUT2D eigenvalue weighted by Crippen LogP contribution is -2.48. The highest BCUT2D eigenvalue weighted by Crippen LogP contribution is 2.33. The Balaban J connectivity index is 2.15. The molecule has 1 fully saturated rings. The van der Waals surface area contributed by atoms with E-state index in [2.05, 4.69) is 0 Å². The predicted molar refractivity (Wildman–Crippen MR) is 77.5 cm³/mol. The van der Waals surface area contributed by atoms with Gasteiger partial charge in [0.1, 0.15) is 11.6 Å². The van der Waals surface area contributed by atoms with E-state index in [1.807, 2.05) is 0 Å². The van der Waals surface area contributed by atoms with Crippen LogP contribution in [0, 0.1) is 17.0 Å². The molecule has 1 aromatic carbocycles. The zero-order valence-electron chi connectivity index (χ0n) is 12.6.